The van der Waals surface area contributed by atoms with Crippen molar-refractivity contribution in [3.05, 3.63) is 47.0 Å². The number of carbonyl (C=O) groups is 2. The van der Waals surface area contributed by atoms with E-state index in [-0.39, 0.29) is 11.6 Å². The SMILES string of the molecule is Cc1nc(C)c(C(=O)Oc2ccc(N3CCCC3=O)cc2)nc1C. The Balaban J connectivity index is 1.75. The topological polar surface area (TPSA) is 72.4 Å². The number of hydrogen-bond donors (Lipinski definition) is 0. The second kappa shape index (κ2) is 6.39. The lowest BCUT2D eigenvalue weighted by molar-refractivity contribution is -0.117. The summed E-state index contributed by atoms with van der Waals surface area (Å²) >= 11 is 0. The first kappa shape index (κ1) is 16.1. The van der Waals surface area contributed by atoms with Gasteiger partial charge in [-0.15, -0.1) is 0 Å². The summed E-state index contributed by atoms with van der Waals surface area (Å²) in [5.41, 5.74) is 3.08. The fraction of sp³-hybridized carbons (Fsp3) is 0.333. The molecule has 1 saturated heterocycles. The van der Waals surface area contributed by atoms with Crippen LogP contribution in [0.3, 0.4) is 0 Å². The molecule has 0 atom stereocenters. The number of aryl methyl sites for hydroxylation is 3. The Morgan fingerprint density at radius 2 is 1.71 bits per heavy atom. The molecule has 2 aromatic rings. The van der Waals surface area contributed by atoms with Crippen LogP contribution in [0.1, 0.15) is 40.4 Å². The van der Waals surface area contributed by atoms with E-state index >= 15 is 0 Å². The molecule has 0 aliphatic carbocycles. The van der Waals surface area contributed by atoms with Gasteiger partial charge in [-0.1, -0.05) is 0 Å². The minimum Gasteiger partial charge on any atom is -0.422 e. The van der Waals surface area contributed by atoms with Gasteiger partial charge in [-0.2, -0.15) is 0 Å². The Labute approximate surface area is 140 Å². The molecule has 24 heavy (non-hydrogen) atoms. The normalized spacial score (nSPS) is 14.1. The predicted octanol–water partition coefficient (Wildman–Crippen LogP) is 2.75. The highest BCUT2D eigenvalue weighted by molar-refractivity contribution is 5.95. The fourth-order valence-corrected chi connectivity index (χ4v) is 2.68. The number of amides is 1. The van der Waals surface area contributed by atoms with E-state index in [4.69, 9.17) is 4.74 Å². The highest BCUT2D eigenvalue weighted by Crippen LogP contribution is 2.24. The molecule has 0 bridgehead atoms. The van der Waals surface area contributed by atoms with Crippen LogP contribution in [0.25, 0.3) is 0 Å². The van der Waals surface area contributed by atoms with Gasteiger partial charge >= 0.3 is 5.97 Å². The summed E-state index contributed by atoms with van der Waals surface area (Å²) in [7, 11) is 0. The van der Waals surface area contributed by atoms with Crippen molar-refractivity contribution in [2.24, 2.45) is 0 Å². The van der Waals surface area contributed by atoms with Crippen LogP contribution in [0, 0.1) is 20.8 Å². The zero-order valence-electron chi connectivity index (χ0n) is 14.0. The fourth-order valence-electron chi connectivity index (χ4n) is 2.68. The molecule has 6 heteroatoms. The van der Waals surface area contributed by atoms with Crippen LogP contribution in [-0.2, 0) is 4.79 Å². The maximum Gasteiger partial charge on any atom is 0.364 e. The maximum absolute atomic E-state index is 12.3. The van der Waals surface area contributed by atoms with E-state index in [0.717, 1.165) is 24.3 Å². The predicted molar refractivity (Wildman–Crippen MR) is 89.2 cm³/mol. The second-order valence-electron chi connectivity index (χ2n) is 5.86. The van der Waals surface area contributed by atoms with Crippen LogP contribution >= 0.6 is 0 Å². The van der Waals surface area contributed by atoms with E-state index in [1.807, 2.05) is 6.92 Å². The molecule has 0 radical (unpaired) electrons. The Morgan fingerprint density at radius 3 is 2.33 bits per heavy atom. The lowest BCUT2D eigenvalue weighted by atomic mass is 10.2. The summed E-state index contributed by atoms with van der Waals surface area (Å²) < 4.78 is 5.38. The molecule has 3 rings (SSSR count). The number of nitrogens with zero attached hydrogens (tertiary/aromatic N) is 3. The summed E-state index contributed by atoms with van der Waals surface area (Å²) in [6, 6.07) is 6.93. The summed E-state index contributed by atoms with van der Waals surface area (Å²) in [6.45, 7) is 6.12. The van der Waals surface area contributed by atoms with E-state index < -0.39 is 5.97 Å². The van der Waals surface area contributed by atoms with Crippen molar-refractivity contribution in [1.29, 1.82) is 0 Å². The highest BCUT2D eigenvalue weighted by atomic mass is 16.5. The summed E-state index contributed by atoms with van der Waals surface area (Å²) in [5, 5.41) is 0. The minimum absolute atomic E-state index is 0.126. The van der Waals surface area contributed by atoms with Crippen molar-refractivity contribution in [3.63, 3.8) is 0 Å². The molecule has 2 heterocycles. The summed E-state index contributed by atoms with van der Waals surface area (Å²) in [6.07, 6.45) is 1.46. The highest BCUT2D eigenvalue weighted by Gasteiger charge is 2.22. The van der Waals surface area contributed by atoms with Gasteiger partial charge in [-0.25, -0.2) is 9.78 Å². The van der Waals surface area contributed by atoms with E-state index in [1.165, 1.54) is 0 Å². The van der Waals surface area contributed by atoms with Crippen molar-refractivity contribution in [2.75, 3.05) is 11.4 Å². The molecule has 0 spiro atoms. The number of esters is 1. The van der Waals surface area contributed by atoms with Gasteiger partial charge in [0.05, 0.1) is 17.1 Å². The zero-order chi connectivity index (χ0) is 17.3. The first-order chi connectivity index (χ1) is 11.5. The van der Waals surface area contributed by atoms with Gasteiger partial charge in [0.25, 0.3) is 0 Å². The first-order valence-corrected chi connectivity index (χ1v) is 7.90. The molecule has 124 valence electrons. The summed E-state index contributed by atoms with van der Waals surface area (Å²) in [4.78, 5) is 34.4. The van der Waals surface area contributed by atoms with Gasteiger partial charge < -0.3 is 9.64 Å². The third-order valence-corrected chi connectivity index (χ3v) is 4.11. The third kappa shape index (κ3) is 3.13. The Morgan fingerprint density at radius 1 is 1.04 bits per heavy atom. The summed E-state index contributed by atoms with van der Waals surface area (Å²) in [5.74, 6) is 0.00342. The van der Waals surface area contributed by atoms with Crippen LogP contribution < -0.4 is 9.64 Å². The molecule has 1 aromatic heterocycles. The Kier molecular flexibility index (Phi) is 4.29. The molecular weight excluding hydrogens is 306 g/mol. The Hall–Kier alpha value is -2.76. The number of rotatable bonds is 3. The number of ether oxygens (including phenoxy) is 1. The van der Waals surface area contributed by atoms with Crippen molar-refractivity contribution < 1.29 is 14.3 Å². The van der Waals surface area contributed by atoms with Crippen molar-refractivity contribution in [3.8, 4) is 5.75 Å². The molecule has 1 fully saturated rings. The number of anilines is 1. The van der Waals surface area contributed by atoms with Gasteiger partial charge in [-0.3, -0.25) is 9.78 Å². The van der Waals surface area contributed by atoms with Gasteiger partial charge in [-0.05, 0) is 51.5 Å². The largest absolute Gasteiger partial charge is 0.422 e. The average Bonchev–Trinajstić information content (AvgIpc) is 2.97. The molecule has 1 aliphatic heterocycles. The van der Waals surface area contributed by atoms with Crippen LogP contribution in [0.2, 0.25) is 0 Å². The Bertz CT molecular complexity index is 800. The minimum atomic E-state index is -0.534. The van der Waals surface area contributed by atoms with Crippen molar-refractivity contribution >= 4 is 17.6 Å². The molecule has 0 unspecified atom stereocenters. The molecule has 1 aliphatic rings. The number of aromatic nitrogens is 2. The lowest BCUT2D eigenvalue weighted by Gasteiger charge is -2.15. The van der Waals surface area contributed by atoms with E-state index in [9.17, 15) is 9.59 Å². The van der Waals surface area contributed by atoms with E-state index in [2.05, 4.69) is 9.97 Å². The van der Waals surface area contributed by atoms with Gasteiger partial charge in [0.1, 0.15) is 5.75 Å². The van der Waals surface area contributed by atoms with E-state index in [1.54, 1.807) is 43.0 Å². The van der Waals surface area contributed by atoms with Gasteiger partial charge in [0.15, 0.2) is 5.69 Å². The first-order valence-electron chi connectivity index (χ1n) is 7.90. The third-order valence-electron chi connectivity index (χ3n) is 4.11. The van der Waals surface area contributed by atoms with Gasteiger partial charge in [0, 0.05) is 18.7 Å². The molecule has 1 aromatic carbocycles. The van der Waals surface area contributed by atoms with E-state index in [0.29, 0.717) is 23.6 Å². The quantitative estimate of drug-likeness (QED) is 0.641. The lowest BCUT2D eigenvalue weighted by Crippen LogP contribution is -2.23. The van der Waals surface area contributed by atoms with Crippen LogP contribution in [0.5, 0.6) is 5.75 Å². The van der Waals surface area contributed by atoms with Gasteiger partial charge in [0.2, 0.25) is 5.91 Å². The van der Waals surface area contributed by atoms with Crippen LogP contribution in [-0.4, -0.2) is 28.4 Å². The maximum atomic E-state index is 12.3. The zero-order valence-corrected chi connectivity index (χ0v) is 14.0. The molecule has 1 amide bonds. The average molecular weight is 325 g/mol. The molecule has 0 N–H and O–H groups in total. The number of carbonyl (C=O) groups excluding carboxylic acids is 2. The second-order valence-corrected chi connectivity index (χ2v) is 5.86. The number of hydrogen-bond acceptors (Lipinski definition) is 5. The smallest absolute Gasteiger partial charge is 0.364 e. The van der Waals surface area contributed by atoms with Crippen molar-refractivity contribution in [1.82, 2.24) is 9.97 Å². The molecule has 0 saturated carbocycles. The molecular formula is C18H19N3O3. The number of benzene rings is 1. The molecule has 6 nitrogen and oxygen atoms in total. The van der Waals surface area contributed by atoms with Crippen molar-refractivity contribution in [2.45, 2.75) is 33.6 Å². The van der Waals surface area contributed by atoms with Crippen LogP contribution in [0.15, 0.2) is 24.3 Å². The van der Waals surface area contributed by atoms with Crippen LogP contribution in [0.4, 0.5) is 5.69 Å². The standard InChI is InChI=1S/C18H19N3O3/c1-11-12(2)20-17(13(3)19-11)18(23)24-15-8-6-14(7-9-15)21-10-4-5-16(21)22/h6-9H,4-5,10H2,1-3H3. The monoisotopic (exact) mass is 325 g/mol.